The van der Waals surface area contributed by atoms with Crippen molar-refractivity contribution in [2.75, 3.05) is 14.2 Å². The van der Waals surface area contributed by atoms with Gasteiger partial charge in [-0.15, -0.1) is 13.2 Å². The molecule has 1 rings (SSSR count). The zero-order valence-electron chi connectivity index (χ0n) is 9.17. The van der Waals surface area contributed by atoms with E-state index < -0.39 is 18.1 Å². The summed E-state index contributed by atoms with van der Waals surface area (Å²) >= 11 is 1.52. The minimum atomic E-state index is -4.91. The standard InChI is InChI=1S/C9H7F3INO4/c1-16-7-6(18-9(10,11)12)5(13)4(3-14-7)8(15)17-2/h3H,1-2H3. The molecule has 0 saturated heterocycles. The molecular weight excluding hydrogens is 370 g/mol. The number of ether oxygens (including phenoxy) is 3. The van der Waals surface area contributed by atoms with Crippen LogP contribution in [0.2, 0.25) is 0 Å². The van der Waals surface area contributed by atoms with E-state index in [1.54, 1.807) is 0 Å². The molecule has 0 aliphatic heterocycles. The lowest BCUT2D eigenvalue weighted by molar-refractivity contribution is -0.275. The summed E-state index contributed by atoms with van der Waals surface area (Å²) in [5.74, 6) is -1.86. The Morgan fingerprint density at radius 3 is 2.44 bits per heavy atom. The number of aromatic nitrogens is 1. The molecular formula is C9H7F3INO4. The quantitative estimate of drug-likeness (QED) is 0.598. The summed E-state index contributed by atoms with van der Waals surface area (Å²) in [5, 5.41) is 0. The van der Waals surface area contributed by atoms with Gasteiger partial charge in [-0.1, -0.05) is 0 Å². The third kappa shape index (κ3) is 3.37. The molecule has 0 spiro atoms. The zero-order chi connectivity index (χ0) is 13.9. The van der Waals surface area contributed by atoms with Crippen molar-refractivity contribution >= 4 is 28.6 Å². The van der Waals surface area contributed by atoms with Gasteiger partial charge < -0.3 is 14.2 Å². The van der Waals surface area contributed by atoms with Crippen molar-refractivity contribution in [3.8, 4) is 11.6 Å². The molecule has 0 unspecified atom stereocenters. The van der Waals surface area contributed by atoms with Gasteiger partial charge >= 0.3 is 12.3 Å². The molecule has 0 aromatic carbocycles. The third-order valence-electron chi connectivity index (χ3n) is 1.76. The number of rotatable bonds is 3. The summed E-state index contributed by atoms with van der Waals surface area (Å²) in [6.07, 6.45) is -3.86. The number of carbonyl (C=O) groups excluding carboxylic acids is 1. The van der Waals surface area contributed by atoms with Crippen LogP contribution in [0.5, 0.6) is 11.6 Å². The van der Waals surface area contributed by atoms with E-state index in [0.29, 0.717) is 0 Å². The minimum absolute atomic E-state index is 0.0939. The summed E-state index contributed by atoms with van der Waals surface area (Å²) in [6, 6.07) is 0. The zero-order valence-corrected chi connectivity index (χ0v) is 11.3. The highest BCUT2D eigenvalue weighted by atomic mass is 127. The summed E-state index contributed by atoms with van der Waals surface area (Å²) in [5.41, 5.74) is -0.141. The van der Waals surface area contributed by atoms with Crippen molar-refractivity contribution in [3.63, 3.8) is 0 Å². The lowest BCUT2D eigenvalue weighted by Gasteiger charge is -2.14. The Bertz CT molecular complexity index is 464. The van der Waals surface area contributed by atoms with Gasteiger partial charge in [0.1, 0.15) is 0 Å². The molecule has 0 amide bonds. The van der Waals surface area contributed by atoms with Crippen molar-refractivity contribution in [1.82, 2.24) is 4.98 Å². The topological polar surface area (TPSA) is 57.7 Å². The molecule has 0 aliphatic carbocycles. The number of pyridine rings is 1. The molecule has 0 N–H and O–H groups in total. The van der Waals surface area contributed by atoms with E-state index in [4.69, 9.17) is 0 Å². The van der Waals surface area contributed by atoms with Crippen molar-refractivity contribution in [2.24, 2.45) is 0 Å². The number of hydrogen-bond acceptors (Lipinski definition) is 5. The molecule has 5 nitrogen and oxygen atoms in total. The monoisotopic (exact) mass is 377 g/mol. The normalized spacial score (nSPS) is 11.0. The van der Waals surface area contributed by atoms with Gasteiger partial charge in [0.15, 0.2) is 0 Å². The molecule has 1 aromatic heterocycles. The predicted molar refractivity (Wildman–Crippen MR) is 61.5 cm³/mol. The molecule has 0 bridgehead atoms. The lowest BCUT2D eigenvalue weighted by atomic mass is 10.3. The molecule has 0 fully saturated rings. The van der Waals surface area contributed by atoms with Crippen molar-refractivity contribution < 1.29 is 32.2 Å². The first-order valence-corrected chi connectivity index (χ1v) is 5.44. The summed E-state index contributed by atoms with van der Waals surface area (Å²) in [7, 11) is 2.24. The van der Waals surface area contributed by atoms with Gasteiger partial charge in [0.05, 0.1) is 23.4 Å². The Hall–Kier alpha value is -1.26. The number of carbonyl (C=O) groups is 1. The predicted octanol–water partition coefficient (Wildman–Crippen LogP) is 2.38. The molecule has 18 heavy (non-hydrogen) atoms. The number of methoxy groups -OCH3 is 2. The fraction of sp³-hybridized carbons (Fsp3) is 0.333. The number of esters is 1. The Balaban J connectivity index is 3.31. The van der Waals surface area contributed by atoms with Crippen LogP contribution in [0.15, 0.2) is 6.20 Å². The maximum atomic E-state index is 12.2. The van der Waals surface area contributed by atoms with Crippen LogP contribution in [0.4, 0.5) is 13.2 Å². The van der Waals surface area contributed by atoms with Crippen LogP contribution in [0.3, 0.4) is 0 Å². The fourth-order valence-corrected chi connectivity index (χ4v) is 1.76. The average Bonchev–Trinajstić information content (AvgIpc) is 2.29. The molecule has 1 heterocycles. The van der Waals surface area contributed by atoms with E-state index in [1.165, 1.54) is 22.6 Å². The van der Waals surface area contributed by atoms with Gasteiger partial charge in [0.2, 0.25) is 5.75 Å². The Kier molecular flexibility index (Phi) is 4.59. The van der Waals surface area contributed by atoms with Crippen LogP contribution in [-0.2, 0) is 4.74 Å². The second-order valence-electron chi connectivity index (χ2n) is 2.86. The van der Waals surface area contributed by atoms with Gasteiger partial charge in [0.25, 0.3) is 5.88 Å². The fourth-order valence-electron chi connectivity index (χ4n) is 1.06. The second kappa shape index (κ2) is 5.59. The molecule has 0 atom stereocenters. The molecule has 0 saturated carbocycles. The second-order valence-corrected chi connectivity index (χ2v) is 3.94. The third-order valence-corrected chi connectivity index (χ3v) is 2.83. The van der Waals surface area contributed by atoms with Gasteiger partial charge in [-0.05, 0) is 22.6 Å². The Morgan fingerprint density at radius 1 is 1.39 bits per heavy atom. The van der Waals surface area contributed by atoms with E-state index in [1.807, 2.05) is 0 Å². The van der Waals surface area contributed by atoms with E-state index in [2.05, 4.69) is 19.2 Å². The number of hydrogen-bond donors (Lipinski definition) is 0. The van der Waals surface area contributed by atoms with Crippen LogP contribution < -0.4 is 9.47 Å². The van der Waals surface area contributed by atoms with Crippen LogP contribution >= 0.6 is 22.6 Å². The average molecular weight is 377 g/mol. The van der Waals surface area contributed by atoms with Crippen molar-refractivity contribution in [3.05, 3.63) is 15.3 Å². The lowest BCUT2D eigenvalue weighted by Crippen LogP contribution is -2.20. The van der Waals surface area contributed by atoms with Gasteiger partial charge in [-0.2, -0.15) is 0 Å². The summed E-state index contributed by atoms with van der Waals surface area (Å²) < 4.78 is 49.4. The SMILES string of the molecule is COC(=O)c1cnc(OC)c(OC(F)(F)F)c1I. The Morgan fingerprint density at radius 2 is 2.00 bits per heavy atom. The first-order valence-electron chi connectivity index (χ1n) is 4.36. The number of nitrogens with zero attached hydrogens (tertiary/aromatic N) is 1. The molecule has 1 aromatic rings. The molecule has 9 heteroatoms. The maximum absolute atomic E-state index is 12.2. The van der Waals surface area contributed by atoms with Gasteiger partial charge in [0, 0.05) is 6.20 Å². The van der Waals surface area contributed by atoms with E-state index >= 15 is 0 Å². The van der Waals surface area contributed by atoms with Crippen LogP contribution in [0, 0.1) is 3.57 Å². The summed E-state index contributed by atoms with van der Waals surface area (Å²) in [6.45, 7) is 0. The van der Waals surface area contributed by atoms with Crippen LogP contribution in [-0.4, -0.2) is 31.5 Å². The largest absolute Gasteiger partial charge is 0.573 e. The molecule has 0 radical (unpaired) electrons. The van der Waals surface area contributed by atoms with Crippen molar-refractivity contribution in [2.45, 2.75) is 6.36 Å². The minimum Gasteiger partial charge on any atom is -0.478 e. The highest BCUT2D eigenvalue weighted by Gasteiger charge is 2.35. The first-order chi connectivity index (χ1) is 8.30. The smallest absolute Gasteiger partial charge is 0.478 e. The van der Waals surface area contributed by atoms with E-state index in [9.17, 15) is 18.0 Å². The molecule has 0 aliphatic rings. The van der Waals surface area contributed by atoms with E-state index in [-0.39, 0.29) is 15.0 Å². The van der Waals surface area contributed by atoms with Crippen LogP contribution in [0.1, 0.15) is 10.4 Å². The maximum Gasteiger partial charge on any atom is 0.573 e. The summed E-state index contributed by atoms with van der Waals surface area (Å²) in [4.78, 5) is 14.9. The molecule has 100 valence electrons. The first kappa shape index (κ1) is 14.8. The highest BCUT2D eigenvalue weighted by Crippen LogP contribution is 2.36. The van der Waals surface area contributed by atoms with Crippen molar-refractivity contribution in [1.29, 1.82) is 0 Å². The number of alkyl halides is 3. The van der Waals surface area contributed by atoms with Gasteiger partial charge in [-0.25, -0.2) is 9.78 Å². The highest BCUT2D eigenvalue weighted by molar-refractivity contribution is 14.1. The van der Waals surface area contributed by atoms with E-state index in [0.717, 1.165) is 20.4 Å². The van der Waals surface area contributed by atoms with Crippen LogP contribution in [0.25, 0.3) is 0 Å². The van der Waals surface area contributed by atoms with Gasteiger partial charge in [-0.3, -0.25) is 0 Å². The number of halogens is 4. The Labute approximate surface area is 113 Å².